The molecule has 1 heterocycles. The minimum Gasteiger partial charge on any atom is -0.337 e. The Hall–Kier alpha value is -2.76. The third-order valence-corrected chi connectivity index (χ3v) is 5.80. The summed E-state index contributed by atoms with van der Waals surface area (Å²) >= 11 is 0. The number of carbonyl (C=O) groups is 1. The number of carbonyl (C=O) groups excluding carboxylic acids is 1. The van der Waals surface area contributed by atoms with Gasteiger partial charge < -0.3 is 9.88 Å². The molecule has 0 radical (unpaired) electrons. The number of hydrogen-bond donors (Lipinski definition) is 1. The van der Waals surface area contributed by atoms with Crippen LogP contribution in [0.5, 0.6) is 0 Å². The highest BCUT2D eigenvalue weighted by molar-refractivity contribution is 5.98. The minimum absolute atomic E-state index is 0.0284. The number of halogens is 2. The van der Waals surface area contributed by atoms with Crippen LogP contribution in [0.25, 0.3) is 11.0 Å². The Bertz CT molecular complexity index is 1040. The van der Waals surface area contributed by atoms with Gasteiger partial charge in [0, 0.05) is 11.6 Å². The summed E-state index contributed by atoms with van der Waals surface area (Å²) in [5.74, 6) is -0.390. The molecule has 2 aliphatic rings. The molecule has 1 amide bonds. The highest BCUT2D eigenvalue weighted by atomic mass is 19.3. The van der Waals surface area contributed by atoms with Crippen molar-refractivity contribution >= 4 is 16.9 Å². The van der Waals surface area contributed by atoms with Gasteiger partial charge in [0.2, 0.25) is 0 Å². The third-order valence-electron chi connectivity index (χ3n) is 5.80. The highest BCUT2D eigenvalue weighted by Gasteiger charge is 2.39. The van der Waals surface area contributed by atoms with Crippen LogP contribution in [-0.2, 0) is 6.42 Å². The van der Waals surface area contributed by atoms with Crippen molar-refractivity contribution in [2.75, 3.05) is 0 Å². The molecule has 6 heteroatoms. The van der Waals surface area contributed by atoms with E-state index in [-0.39, 0.29) is 23.8 Å². The molecule has 2 aromatic carbocycles. The molecule has 2 aliphatic carbocycles. The summed E-state index contributed by atoms with van der Waals surface area (Å²) in [6, 6.07) is 13.7. The summed E-state index contributed by atoms with van der Waals surface area (Å²) in [4.78, 5) is 22.0. The largest absolute Gasteiger partial charge is 0.337 e. The van der Waals surface area contributed by atoms with E-state index in [1.54, 1.807) is 18.2 Å². The number of nitrogens with one attached hydrogen (secondary N) is 1. The number of aromatic nitrogens is 2. The fourth-order valence-corrected chi connectivity index (χ4v) is 4.35. The second-order valence-electron chi connectivity index (χ2n) is 7.71. The average Bonchev–Trinajstić information content (AvgIpc) is 3.44. The van der Waals surface area contributed by atoms with E-state index in [1.807, 2.05) is 11.0 Å². The van der Waals surface area contributed by atoms with E-state index in [4.69, 9.17) is 0 Å². The lowest BCUT2D eigenvalue weighted by Crippen LogP contribution is -2.38. The molecule has 1 fully saturated rings. The van der Waals surface area contributed by atoms with E-state index in [9.17, 15) is 13.6 Å². The fraction of sp³-hybridized carbons (Fsp3) is 0.364. The summed E-state index contributed by atoms with van der Waals surface area (Å²) in [6.45, 7) is 0. The fourth-order valence-electron chi connectivity index (χ4n) is 4.35. The molecule has 1 unspecified atom stereocenters. The summed E-state index contributed by atoms with van der Waals surface area (Å²) in [7, 11) is 0. The Morgan fingerprint density at radius 1 is 1.14 bits per heavy atom. The van der Waals surface area contributed by atoms with Gasteiger partial charge in [0.1, 0.15) is 0 Å². The monoisotopic (exact) mass is 381 g/mol. The van der Waals surface area contributed by atoms with E-state index in [1.165, 1.54) is 11.1 Å². The van der Waals surface area contributed by atoms with E-state index >= 15 is 0 Å². The van der Waals surface area contributed by atoms with Crippen molar-refractivity contribution in [2.24, 2.45) is 0 Å². The first-order valence-electron chi connectivity index (χ1n) is 9.80. The van der Waals surface area contributed by atoms with Crippen LogP contribution in [-0.4, -0.2) is 26.8 Å². The van der Waals surface area contributed by atoms with Crippen molar-refractivity contribution in [2.45, 2.75) is 50.6 Å². The molecule has 1 aromatic heterocycles. The first-order valence-corrected chi connectivity index (χ1v) is 9.80. The Morgan fingerprint density at radius 3 is 2.75 bits per heavy atom. The van der Waals surface area contributed by atoms with Crippen molar-refractivity contribution in [1.82, 2.24) is 14.9 Å². The Morgan fingerprint density at radius 2 is 1.96 bits per heavy atom. The van der Waals surface area contributed by atoms with Gasteiger partial charge in [-0.1, -0.05) is 24.3 Å². The molecule has 4 nitrogen and oxygen atoms in total. The number of hydrogen-bond acceptors (Lipinski definition) is 2. The van der Waals surface area contributed by atoms with Gasteiger partial charge in [-0.2, -0.15) is 0 Å². The number of alkyl halides is 2. The van der Waals surface area contributed by atoms with Crippen LogP contribution in [0.15, 0.2) is 42.5 Å². The molecule has 0 spiro atoms. The van der Waals surface area contributed by atoms with E-state index in [2.05, 4.69) is 28.2 Å². The summed E-state index contributed by atoms with van der Waals surface area (Å²) in [5, 5.41) is 0. The molecule has 0 saturated heterocycles. The van der Waals surface area contributed by atoms with Crippen molar-refractivity contribution in [1.29, 1.82) is 0 Å². The smallest absolute Gasteiger partial charge is 0.295 e. The zero-order chi connectivity index (χ0) is 19.3. The number of aryl methyl sites for hydroxylation is 1. The predicted molar refractivity (Wildman–Crippen MR) is 102 cm³/mol. The van der Waals surface area contributed by atoms with Crippen molar-refractivity contribution in [3.8, 4) is 0 Å². The Balaban J connectivity index is 1.51. The molecule has 1 saturated carbocycles. The second-order valence-corrected chi connectivity index (χ2v) is 7.71. The summed E-state index contributed by atoms with van der Waals surface area (Å²) < 4.78 is 25.8. The predicted octanol–water partition coefficient (Wildman–Crippen LogP) is 5.18. The molecule has 28 heavy (non-hydrogen) atoms. The van der Waals surface area contributed by atoms with E-state index in [0.717, 1.165) is 32.1 Å². The van der Waals surface area contributed by atoms with Crippen LogP contribution in [0, 0.1) is 0 Å². The number of H-pyrrole nitrogens is 1. The maximum atomic E-state index is 13.5. The zero-order valence-electron chi connectivity index (χ0n) is 15.4. The molecule has 0 bridgehead atoms. The normalized spacial score (nSPS) is 19.0. The van der Waals surface area contributed by atoms with Crippen LogP contribution in [0.3, 0.4) is 0 Å². The van der Waals surface area contributed by atoms with E-state index < -0.39 is 6.43 Å². The highest BCUT2D eigenvalue weighted by Crippen LogP contribution is 2.41. The summed E-state index contributed by atoms with van der Waals surface area (Å²) in [5.41, 5.74) is 4.01. The van der Waals surface area contributed by atoms with E-state index in [0.29, 0.717) is 16.6 Å². The third kappa shape index (κ3) is 2.97. The SMILES string of the molecule is O=C(c1ccc2nc(C(F)F)[nH]c2c1)N(C1CC1)C1CCCc2ccccc21. The lowest BCUT2D eigenvalue weighted by atomic mass is 9.86. The maximum absolute atomic E-state index is 13.5. The maximum Gasteiger partial charge on any atom is 0.295 e. The Labute approximate surface area is 161 Å². The van der Waals surface area contributed by atoms with Gasteiger partial charge >= 0.3 is 0 Å². The van der Waals surface area contributed by atoms with Gasteiger partial charge in [-0.15, -0.1) is 0 Å². The van der Waals surface area contributed by atoms with Gasteiger partial charge in [0.15, 0.2) is 5.82 Å². The first kappa shape index (κ1) is 17.3. The van der Waals surface area contributed by atoms with Crippen LogP contribution in [0.4, 0.5) is 8.78 Å². The molecule has 144 valence electrons. The number of nitrogens with zero attached hydrogens (tertiary/aromatic N) is 2. The molecular weight excluding hydrogens is 360 g/mol. The van der Waals surface area contributed by atoms with Crippen LogP contribution in [0.2, 0.25) is 0 Å². The number of imidazole rings is 1. The van der Waals surface area contributed by atoms with Crippen molar-refractivity contribution in [3.05, 3.63) is 65.0 Å². The zero-order valence-corrected chi connectivity index (χ0v) is 15.4. The lowest BCUT2D eigenvalue weighted by Gasteiger charge is -2.36. The van der Waals surface area contributed by atoms with Crippen LogP contribution >= 0.6 is 0 Å². The number of benzene rings is 2. The quantitative estimate of drug-likeness (QED) is 0.677. The Kier molecular flexibility index (Phi) is 4.14. The number of fused-ring (bicyclic) bond motifs is 2. The second kappa shape index (κ2) is 6.69. The van der Waals surface area contributed by atoms with Crippen molar-refractivity contribution < 1.29 is 13.6 Å². The number of rotatable bonds is 4. The van der Waals surface area contributed by atoms with Gasteiger partial charge in [0.05, 0.1) is 17.1 Å². The molecule has 1 N–H and O–H groups in total. The first-order chi connectivity index (χ1) is 13.6. The number of aromatic amines is 1. The molecule has 3 aromatic rings. The number of amides is 1. The minimum atomic E-state index is -2.66. The topological polar surface area (TPSA) is 49.0 Å². The van der Waals surface area contributed by atoms with Gasteiger partial charge in [0.25, 0.3) is 12.3 Å². The van der Waals surface area contributed by atoms with Crippen LogP contribution < -0.4 is 0 Å². The molecule has 1 atom stereocenters. The van der Waals surface area contributed by atoms with Gasteiger partial charge in [-0.25, -0.2) is 13.8 Å². The standard InChI is InChI=1S/C22H21F2N3O/c23-20(24)21-25-17-11-8-14(12-18(17)26-21)22(28)27(15-9-10-15)19-7-3-5-13-4-1-2-6-16(13)19/h1-2,4,6,8,11-12,15,19-20H,3,5,7,9-10H2,(H,25,26). The van der Waals surface area contributed by atoms with Gasteiger partial charge in [-0.3, -0.25) is 4.79 Å². The summed E-state index contributed by atoms with van der Waals surface area (Å²) in [6.07, 6.45) is 2.46. The molecule has 0 aliphatic heterocycles. The molecule has 5 rings (SSSR count). The molecular formula is C22H21F2N3O. The lowest BCUT2D eigenvalue weighted by molar-refractivity contribution is 0.0638. The van der Waals surface area contributed by atoms with Crippen molar-refractivity contribution in [3.63, 3.8) is 0 Å². The van der Waals surface area contributed by atoms with Crippen LogP contribution in [0.1, 0.15) is 65.5 Å². The average molecular weight is 381 g/mol. The van der Waals surface area contributed by atoms with Gasteiger partial charge in [-0.05, 0) is 61.4 Å².